The fraction of sp³-hybridized carbons (Fsp3) is 0.0714. The number of nitro groups is 1. The molecule has 2 aromatic carbocycles. The van der Waals surface area contributed by atoms with Crippen molar-refractivity contribution in [3.05, 3.63) is 69.8 Å². The zero-order chi connectivity index (χ0) is 13.7. The summed E-state index contributed by atoms with van der Waals surface area (Å²) in [7, 11) is 0. The summed E-state index contributed by atoms with van der Waals surface area (Å²) < 4.78 is 0. The highest BCUT2D eigenvalue weighted by molar-refractivity contribution is 5.86. The molecule has 2 aromatic rings. The maximum Gasteiger partial charge on any atom is 0.281 e. The number of benzene rings is 2. The van der Waals surface area contributed by atoms with Crippen molar-refractivity contribution >= 4 is 17.6 Å². The van der Waals surface area contributed by atoms with E-state index in [1.165, 1.54) is 6.21 Å². The van der Waals surface area contributed by atoms with E-state index < -0.39 is 0 Å². The first-order valence-electron chi connectivity index (χ1n) is 5.76. The van der Waals surface area contributed by atoms with Gasteiger partial charge in [0.05, 0.1) is 22.4 Å². The molecule has 1 N–H and O–H groups in total. The molecule has 0 saturated carbocycles. The van der Waals surface area contributed by atoms with Crippen molar-refractivity contribution in [2.45, 2.75) is 6.92 Å². The van der Waals surface area contributed by atoms with Crippen LogP contribution in [-0.4, -0.2) is 11.1 Å². The van der Waals surface area contributed by atoms with E-state index in [1.54, 1.807) is 25.1 Å². The number of nitrogens with zero attached hydrogens (tertiary/aromatic N) is 2. The first-order valence-corrected chi connectivity index (χ1v) is 5.76. The van der Waals surface area contributed by atoms with Crippen LogP contribution in [0.4, 0.5) is 11.4 Å². The van der Waals surface area contributed by atoms with Gasteiger partial charge in [0.25, 0.3) is 5.69 Å². The van der Waals surface area contributed by atoms with Crippen LogP contribution in [0.25, 0.3) is 0 Å². The molecule has 0 aliphatic rings. The fourth-order valence-electron chi connectivity index (χ4n) is 1.72. The molecule has 0 amide bonds. The summed E-state index contributed by atoms with van der Waals surface area (Å²) in [5.41, 5.74) is 4.84. The van der Waals surface area contributed by atoms with Gasteiger partial charge >= 0.3 is 0 Å². The Morgan fingerprint density at radius 1 is 1.16 bits per heavy atom. The quantitative estimate of drug-likeness (QED) is 0.517. The molecule has 2 rings (SSSR count). The first-order chi connectivity index (χ1) is 9.18. The second-order valence-corrected chi connectivity index (χ2v) is 4.01. The molecule has 0 aliphatic heterocycles. The Balaban J connectivity index is 2.20. The molecule has 0 heterocycles. The Labute approximate surface area is 110 Å². The molecule has 0 radical (unpaired) electrons. The molecule has 0 atom stereocenters. The Hall–Kier alpha value is -2.69. The van der Waals surface area contributed by atoms with Crippen molar-refractivity contribution in [1.29, 1.82) is 0 Å². The number of hydrogen-bond donors (Lipinski definition) is 1. The summed E-state index contributed by atoms with van der Waals surface area (Å²) in [6, 6.07) is 14.5. The average molecular weight is 255 g/mol. The van der Waals surface area contributed by atoms with Crippen LogP contribution in [0.2, 0.25) is 0 Å². The summed E-state index contributed by atoms with van der Waals surface area (Å²) in [6.07, 6.45) is 1.46. The Kier molecular flexibility index (Phi) is 3.87. The number of para-hydroxylation sites is 2. The minimum Gasteiger partial charge on any atom is -0.279 e. The van der Waals surface area contributed by atoms with Crippen molar-refractivity contribution in [2.75, 3.05) is 5.43 Å². The third kappa shape index (κ3) is 3.16. The van der Waals surface area contributed by atoms with E-state index in [-0.39, 0.29) is 10.6 Å². The van der Waals surface area contributed by atoms with E-state index in [2.05, 4.69) is 10.5 Å². The monoisotopic (exact) mass is 255 g/mol. The van der Waals surface area contributed by atoms with E-state index in [0.29, 0.717) is 11.1 Å². The average Bonchev–Trinajstić information content (AvgIpc) is 2.39. The highest BCUT2D eigenvalue weighted by Gasteiger charge is 2.14. The number of nitro benzene ring substituents is 1. The van der Waals surface area contributed by atoms with Crippen molar-refractivity contribution in [3.8, 4) is 0 Å². The standard InChI is InChI=1S/C14H13N3O2/c1-11-6-5-7-12(14(11)17(18)19)10-15-16-13-8-3-2-4-9-13/h2-10,16H,1H3. The Bertz CT molecular complexity index is 609. The topological polar surface area (TPSA) is 67.5 Å². The van der Waals surface area contributed by atoms with Gasteiger partial charge in [0.1, 0.15) is 0 Å². The summed E-state index contributed by atoms with van der Waals surface area (Å²) in [5, 5.41) is 15.0. The van der Waals surface area contributed by atoms with E-state index in [0.717, 1.165) is 5.69 Å². The van der Waals surface area contributed by atoms with Gasteiger partial charge in [0, 0.05) is 5.56 Å². The predicted molar refractivity (Wildman–Crippen MR) is 75.5 cm³/mol. The van der Waals surface area contributed by atoms with Gasteiger partial charge in [0.2, 0.25) is 0 Å². The van der Waals surface area contributed by atoms with E-state index >= 15 is 0 Å². The Morgan fingerprint density at radius 2 is 1.89 bits per heavy atom. The first kappa shape index (κ1) is 12.8. The largest absolute Gasteiger partial charge is 0.281 e. The maximum absolute atomic E-state index is 11.0. The smallest absolute Gasteiger partial charge is 0.279 e. The van der Waals surface area contributed by atoms with Crippen LogP contribution in [0.15, 0.2) is 53.6 Å². The third-order valence-electron chi connectivity index (χ3n) is 2.62. The molecule has 0 aromatic heterocycles. The number of hydrazone groups is 1. The molecule has 5 heteroatoms. The van der Waals surface area contributed by atoms with Crippen molar-refractivity contribution in [2.24, 2.45) is 5.10 Å². The number of aryl methyl sites for hydroxylation is 1. The fourth-order valence-corrected chi connectivity index (χ4v) is 1.72. The molecule has 0 spiro atoms. The summed E-state index contributed by atoms with van der Waals surface area (Å²) in [6.45, 7) is 1.71. The number of hydrogen-bond acceptors (Lipinski definition) is 4. The van der Waals surface area contributed by atoms with Crippen LogP contribution in [-0.2, 0) is 0 Å². The van der Waals surface area contributed by atoms with Gasteiger partial charge in [0.15, 0.2) is 0 Å². The van der Waals surface area contributed by atoms with Crippen LogP contribution in [0, 0.1) is 17.0 Å². The molecule has 0 aliphatic carbocycles. The number of nitrogens with one attached hydrogen (secondary N) is 1. The zero-order valence-electron chi connectivity index (χ0n) is 10.4. The van der Waals surface area contributed by atoms with Gasteiger partial charge in [-0.3, -0.25) is 15.5 Å². The molecule has 5 nitrogen and oxygen atoms in total. The van der Waals surface area contributed by atoms with E-state index in [4.69, 9.17) is 0 Å². The van der Waals surface area contributed by atoms with Gasteiger partial charge < -0.3 is 0 Å². The normalized spacial score (nSPS) is 10.6. The zero-order valence-corrected chi connectivity index (χ0v) is 10.4. The minimum absolute atomic E-state index is 0.0844. The van der Waals surface area contributed by atoms with Crippen LogP contribution in [0.5, 0.6) is 0 Å². The molecule has 0 unspecified atom stereocenters. The number of rotatable bonds is 4. The second-order valence-electron chi connectivity index (χ2n) is 4.01. The van der Waals surface area contributed by atoms with Gasteiger partial charge in [-0.15, -0.1) is 0 Å². The lowest BCUT2D eigenvalue weighted by Gasteiger charge is -2.01. The van der Waals surface area contributed by atoms with E-state index in [9.17, 15) is 10.1 Å². The van der Waals surface area contributed by atoms with Crippen LogP contribution in [0.3, 0.4) is 0 Å². The van der Waals surface area contributed by atoms with Gasteiger partial charge in [-0.2, -0.15) is 5.10 Å². The summed E-state index contributed by atoms with van der Waals surface area (Å²) in [4.78, 5) is 10.6. The molecule has 0 bridgehead atoms. The van der Waals surface area contributed by atoms with Gasteiger partial charge in [-0.25, -0.2) is 0 Å². The summed E-state index contributed by atoms with van der Waals surface area (Å²) in [5.74, 6) is 0. The second kappa shape index (κ2) is 5.77. The molecule has 96 valence electrons. The van der Waals surface area contributed by atoms with E-state index in [1.807, 2.05) is 30.3 Å². The van der Waals surface area contributed by atoms with Crippen molar-refractivity contribution in [1.82, 2.24) is 0 Å². The maximum atomic E-state index is 11.0. The lowest BCUT2D eigenvalue weighted by molar-refractivity contribution is -0.385. The third-order valence-corrected chi connectivity index (χ3v) is 2.62. The molecular weight excluding hydrogens is 242 g/mol. The highest BCUT2D eigenvalue weighted by atomic mass is 16.6. The lowest BCUT2D eigenvalue weighted by Crippen LogP contribution is -1.98. The molecule has 0 fully saturated rings. The Morgan fingerprint density at radius 3 is 2.58 bits per heavy atom. The predicted octanol–water partition coefficient (Wildman–Crippen LogP) is 3.35. The minimum atomic E-state index is -0.390. The molecule has 0 saturated heterocycles. The lowest BCUT2D eigenvalue weighted by atomic mass is 10.1. The van der Waals surface area contributed by atoms with Crippen molar-refractivity contribution in [3.63, 3.8) is 0 Å². The summed E-state index contributed by atoms with van der Waals surface area (Å²) >= 11 is 0. The SMILES string of the molecule is Cc1cccc(C=NNc2ccccc2)c1[N+](=O)[O-]. The van der Waals surface area contributed by atoms with Crippen molar-refractivity contribution < 1.29 is 4.92 Å². The van der Waals surface area contributed by atoms with Crippen LogP contribution < -0.4 is 5.43 Å². The number of anilines is 1. The van der Waals surface area contributed by atoms with Crippen LogP contribution >= 0.6 is 0 Å². The van der Waals surface area contributed by atoms with Gasteiger partial charge in [-0.05, 0) is 25.1 Å². The van der Waals surface area contributed by atoms with Crippen LogP contribution in [0.1, 0.15) is 11.1 Å². The molecule has 19 heavy (non-hydrogen) atoms. The molecular formula is C14H13N3O2. The van der Waals surface area contributed by atoms with Gasteiger partial charge in [-0.1, -0.05) is 30.3 Å². The highest BCUT2D eigenvalue weighted by Crippen LogP contribution is 2.21.